The molecule has 0 aliphatic carbocycles. The average Bonchev–Trinajstić information content (AvgIpc) is 2.94. The summed E-state index contributed by atoms with van der Waals surface area (Å²) < 4.78 is 4.96. The third-order valence-corrected chi connectivity index (χ3v) is 3.81. The summed E-state index contributed by atoms with van der Waals surface area (Å²) in [6.07, 6.45) is 1.49. The van der Waals surface area contributed by atoms with Crippen LogP contribution in [0.2, 0.25) is 0 Å². The van der Waals surface area contributed by atoms with Crippen LogP contribution in [0.1, 0.15) is 16.1 Å². The van der Waals surface area contributed by atoms with Gasteiger partial charge < -0.3 is 20.1 Å². The Hall–Kier alpha value is -2.50. The van der Waals surface area contributed by atoms with E-state index in [4.69, 9.17) is 10.3 Å². The molecule has 2 N–H and O–H groups in total. The van der Waals surface area contributed by atoms with Crippen molar-refractivity contribution in [3.8, 4) is 0 Å². The number of aryl methyl sites for hydroxylation is 1. The number of hydrogen-bond donors (Lipinski definition) is 1. The molecule has 21 heavy (non-hydrogen) atoms. The lowest BCUT2D eigenvalue weighted by Crippen LogP contribution is -2.48. The molecule has 1 amide bonds. The van der Waals surface area contributed by atoms with E-state index in [1.165, 1.54) is 6.20 Å². The van der Waals surface area contributed by atoms with Gasteiger partial charge in [0, 0.05) is 37.6 Å². The summed E-state index contributed by atoms with van der Waals surface area (Å²) in [5, 5.41) is 3.66. The molecule has 0 radical (unpaired) electrons. The summed E-state index contributed by atoms with van der Waals surface area (Å²) >= 11 is 0. The molecule has 1 saturated heterocycles. The average molecular weight is 286 g/mol. The SMILES string of the molecule is Cc1oncc1C(=O)N1CCN(c2ccc(N)cc2)CC1. The number of amides is 1. The molecule has 3 rings (SSSR count). The Morgan fingerprint density at radius 2 is 1.86 bits per heavy atom. The van der Waals surface area contributed by atoms with E-state index >= 15 is 0 Å². The van der Waals surface area contributed by atoms with Gasteiger partial charge in [0.1, 0.15) is 11.3 Å². The van der Waals surface area contributed by atoms with Crippen LogP contribution in [0.25, 0.3) is 0 Å². The van der Waals surface area contributed by atoms with Crippen molar-refractivity contribution in [2.45, 2.75) is 6.92 Å². The number of benzene rings is 1. The molecule has 2 heterocycles. The van der Waals surface area contributed by atoms with Crippen LogP contribution in [-0.2, 0) is 0 Å². The molecule has 1 aromatic heterocycles. The zero-order valence-corrected chi connectivity index (χ0v) is 12.0. The highest BCUT2D eigenvalue weighted by atomic mass is 16.5. The molecule has 110 valence electrons. The van der Waals surface area contributed by atoms with Gasteiger partial charge in [-0.25, -0.2) is 0 Å². The maximum atomic E-state index is 12.4. The minimum Gasteiger partial charge on any atom is -0.399 e. The Bertz CT molecular complexity index is 627. The molecule has 1 aromatic carbocycles. The van der Waals surface area contributed by atoms with Gasteiger partial charge in [-0.2, -0.15) is 0 Å². The highest BCUT2D eigenvalue weighted by molar-refractivity contribution is 5.94. The van der Waals surface area contributed by atoms with Gasteiger partial charge in [0.2, 0.25) is 0 Å². The minimum absolute atomic E-state index is 0.00861. The van der Waals surface area contributed by atoms with E-state index in [1.807, 2.05) is 29.2 Å². The zero-order chi connectivity index (χ0) is 14.8. The van der Waals surface area contributed by atoms with E-state index in [1.54, 1.807) is 6.92 Å². The summed E-state index contributed by atoms with van der Waals surface area (Å²) in [7, 11) is 0. The predicted molar refractivity (Wildman–Crippen MR) is 80.2 cm³/mol. The second-order valence-electron chi connectivity index (χ2n) is 5.17. The number of nitrogens with two attached hydrogens (primary N) is 1. The normalized spacial score (nSPS) is 15.3. The van der Waals surface area contributed by atoms with Crippen molar-refractivity contribution in [1.82, 2.24) is 10.1 Å². The lowest BCUT2D eigenvalue weighted by atomic mass is 10.2. The summed E-state index contributed by atoms with van der Waals surface area (Å²) in [6.45, 7) is 4.74. The molecule has 0 spiro atoms. The van der Waals surface area contributed by atoms with Crippen LogP contribution in [0, 0.1) is 6.92 Å². The maximum Gasteiger partial charge on any atom is 0.259 e. The van der Waals surface area contributed by atoms with Crippen LogP contribution in [0.4, 0.5) is 11.4 Å². The second-order valence-corrected chi connectivity index (χ2v) is 5.17. The van der Waals surface area contributed by atoms with Gasteiger partial charge in [-0.05, 0) is 31.2 Å². The Labute approximate surface area is 123 Å². The van der Waals surface area contributed by atoms with Crippen molar-refractivity contribution in [3.05, 3.63) is 41.8 Å². The molecule has 0 unspecified atom stereocenters. The summed E-state index contributed by atoms with van der Waals surface area (Å²) in [5.41, 5.74) is 8.15. The number of piperazine rings is 1. The van der Waals surface area contributed by atoms with E-state index in [0.717, 1.165) is 24.5 Å². The van der Waals surface area contributed by atoms with E-state index < -0.39 is 0 Å². The molecule has 1 aliphatic heterocycles. The smallest absolute Gasteiger partial charge is 0.259 e. The molecule has 0 atom stereocenters. The third kappa shape index (κ3) is 2.69. The van der Waals surface area contributed by atoms with Gasteiger partial charge in [0.25, 0.3) is 5.91 Å². The first-order valence-corrected chi connectivity index (χ1v) is 6.96. The van der Waals surface area contributed by atoms with Gasteiger partial charge in [0.15, 0.2) is 0 Å². The molecule has 1 aliphatic rings. The fraction of sp³-hybridized carbons (Fsp3) is 0.333. The van der Waals surface area contributed by atoms with Crippen molar-refractivity contribution in [3.63, 3.8) is 0 Å². The Kier molecular flexibility index (Phi) is 3.51. The Morgan fingerprint density at radius 1 is 1.19 bits per heavy atom. The van der Waals surface area contributed by atoms with E-state index in [0.29, 0.717) is 24.4 Å². The predicted octanol–water partition coefficient (Wildman–Crippen LogP) is 1.53. The summed E-state index contributed by atoms with van der Waals surface area (Å²) in [5.74, 6) is 0.562. The summed E-state index contributed by atoms with van der Waals surface area (Å²) in [4.78, 5) is 16.5. The van der Waals surface area contributed by atoms with Crippen LogP contribution >= 0.6 is 0 Å². The highest BCUT2D eigenvalue weighted by Crippen LogP contribution is 2.19. The van der Waals surface area contributed by atoms with Crippen LogP contribution in [0.5, 0.6) is 0 Å². The van der Waals surface area contributed by atoms with Crippen molar-refractivity contribution < 1.29 is 9.32 Å². The molecular weight excluding hydrogens is 268 g/mol. The largest absolute Gasteiger partial charge is 0.399 e. The monoisotopic (exact) mass is 286 g/mol. The number of anilines is 2. The lowest BCUT2D eigenvalue weighted by molar-refractivity contribution is 0.0745. The lowest BCUT2D eigenvalue weighted by Gasteiger charge is -2.36. The minimum atomic E-state index is -0.00861. The summed E-state index contributed by atoms with van der Waals surface area (Å²) in [6, 6.07) is 7.81. The number of nitrogens with zero attached hydrogens (tertiary/aromatic N) is 3. The molecule has 0 bridgehead atoms. The standard InChI is InChI=1S/C15H18N4O2/c1-11-14(10-17-21-11)15(20)19-8-6-18(7-9-19)13-4-2-12(16)3-5-13/h2-5,10H,6-9,16H2,1H3. The number of carbonyl (C=O) groups excluding carboxylic acids is 1. The van der Waals surface area contributed by atoms with Crippen LogP contribution in [-0.4, -0.2) is 42.1 Å². The van der Waals surface area contributed by atoms with Crippen LogP contribution in [0.3, 0.4) is 0 Å². The molecular formula is C15H18N4O2. The van der Waals surface area contributed by atoms with E-state index in [2.05, 4.69) is 10.1 Å². The maximum absolute atomic E-state index is 12.4. The topological polar surface area (TPSA) is 75.6 Å². The number of hydrogen-bond acceptors (Lipinski definition) is 5. The van der Waals surface area contributed by atoms with Gasteiger partial charge in [-0.15, -0.1) is 0 Å². The number of nitrogen functional groups attached to an aromatic ring is 1. The van der Waals surface area contributed by atoms with Crippen molar-refractivity contribution in [1.29, 1.82) is 0 Å². The molecule has 6 nitrogen and oxygen atoms in total. The first kappa shape index (κ1) is 13.5. The third-order valence-electron chi connectivity index (χ3n) is 3.81. The van der Waals surface area contributed by atoms with Crippen molar-refractivity contribution in [2.24, 2.45) is 0 Å². The first-order chi connectivity index (χ1) is 10.1. The number of aromatic nitrogens is 1. The fourth-order valence-corrected chi connectivity index (χ4v) is 2.53. The molecule has 6 heteroatoms. The van der Waals surface area contributed by atoms with Crippen molar-refractivity contribution in [2.75, 3.05) is 36.8 Å². The van der Waals surface area contributed by atoms with Crippen LogP contribution < -0.4 is 10.6 Å². The molecule has 2 aromatic rings. The Morgan fingerprint density at radius 3 is 2.43 bits per heavy atom. The quantitative estimate of drug-likeness (QED) is 0.847. The van der Waals surface area contributed by atoms with E-state index in [9.17, 15) is 4.79 Å². The van der Waals surface area contributed by atoms with Gasteiger partial charge in [-0.1, -0.05) is 5.16 Å². The second kappa shape index (κ2) is 5.47. The van der Waals surface area contributed by atoms with Gasteiger partial charge in [0.05, 0.1) is 6.20 Å². The van der Waals surface area contributed by atoms with Gasteiger partial charge >= 0.3 is 0 Å². The number of rotatable bonds is 2. The molecule has 0 saturated carbocycles. The zero-order valence-electron chi connectivity index (χ0n) is 12.0. The van der Waals surface area contributed by atoms with Crippen molar-refractivity contribution >= 4 is 17.3 Å². The number of carbonyl (C=O) groups is 1. The first-order valence-electron chi connectivity index (χ1n) is 6.96. The fourth-order valence-electron chi connectivity index (χ4n) is 2.53. The molecule has 1 fully saturated rings. The Balaban J connectivity index is 1.64. The van der Waals surface area contributed by atoms with Crippen LogP contribution in [0.15, 0.2) is 35.0 Å². The highest BCUT2D eigenvalue weighted by Gasteiger charge is 2.24. The van der Waals surface area contributed by atoms with E-state index in [-0.39, 0.29) is 5.91 Å². The van der Waals surface area contributed by atoms with Gasteiger partial charge in [-0.3, -0.25) is 4.79 Å².